The van der Waals surface area contributed by atoms with E-state index in [-0.39, 0.29) is 5.91 Å². The Balaban J connectivity index is 1.86. The van der Waals surface area contributed by atoms with Crippen LogP contribution < -0.4 is 15.4 Å². The third-order valence-electron chi connectivity index (χ3n) is 4.00. The van der Waals surface area contributed by atoms with E-state index in [2.05, 4.69) is 4.98 Å². The summed E-state index contributed by atoms with van der Waals surface area (Å²) in [6.45, 7) is 0. The second kappa shape index (κ2) is 4.95. The molecule has 0 fully saturated rings. The Morgan fingerprint density at radius 3 is 2.91 bits per heavy atom. The number of nitrogens with zero attached hydrogens (tertiary/aromatic N) is 2. The van der Waals surface area contributed by atoms with Crippen molar-refractivity contribution in [3.05, 3.63) is 65.6 Å². The summed E-state index contributed by atoms with van der Waals surface area (Å²) in [5.41, 5.74) is 7.99. The summed E-state index contributed by atoms with van der Waals surface area (Å²) >= 11 is 0. The van der Waals surface area contributed by atoms with E-state index < -0.39 is 12.0 Å². The number of aromatic nitrogens is 1. The number of hydrogen-bond donors (Lipinski definition) is 1. The third-order valence-corrected chi connectivity index (χ3v) is 4.00. The Bertz CT molecular complexity index is 845. The van der Waals surface area contributed by atoms with Crippen molar-refractivity contribution < 1.29 is 14.3 Å². The Kier molecular flexibility index (Phi) is 2.90. The van der Waals surface area contributed by atoms with Crippen LogP contribution >= 0.6 is 0 Å². The first-order valence-electron chi connectivity index (χ1n) is 7.17. The maximum atomic E-state index is 12.9. The summed E-state index contributed by atoms with van der Waals surface area (Å²) in [6.07, 6.45) is 4.34. The highest BCUT2D eigenvalue weighted by Gasteiger charge is 2.38. The molecule has 2 amide bonds. The van der Waals surface area contributed by atoms with Gasteiger partial charge in [-0.3, -0.25) is 19.5 Å². The molecule has 6 heteroatoms. The van der Waals surface area contributed by atoms with Gasteiger partial charge in [0.15, 0.2) is 0 Å². The molecular formula is C17H13N3O3. The zero-order chi connectivity index (χ0) is 16.0. The lowest BCUT2D eigenvalue weighted by Crippen LogP contribution is -2.41. The van der Waals surface area contributed by atoms with Crippen LogP contribution in [0, 0.1) is 0 Å². The van der Waals surface area contributed by atoms with Crippen molar-refractivity contribution in [2.24, 2.45) is 5.73 Å². The molecule has 2 aliphatic heterocycles. The lowest BCUT2D eigenvalue weighted by Gasteiger charge is -2.36. The largest absolute Gasteiger partial charge is 0.474 e. The van der Waals surface area contributed by atoms with Gasteiger partial charge in [0.2, 0.25) is 12.0 Å². The van der Waals surface area contributed by atoms with Gasteiger partial charge in [0.25, 0.3) is 5.91 Å². The molecule has 3 heterocycles. The molecule has 2 aliphatic rings. The molecule has 0 saturated heterocycles. The number of anilines is 1. The van der Waals surface area contributed by atoms with Crippen LogP contribution in [0.1, 0.15) is 17.2 Å². The highest BCUT2D eigenvalue weighted by molar-refractivity contribution is 6.06. The normalized spacial score (nSPS) is 18.8. The number of nitrogens with two attached hydrogens (primary N) is 1. The molecule has 1 atom stereocenters. The maximum Gasteiger partial charge on any atom is 0.277 e. The van der Waals surface area contributed by atoms with Crippen LogP contribution in [-0.4, -0.2) is 16.8 Å². The number of hydrogen-bond acceptors (Lipinski definition) is 4. The Morgan fingerprint density at radius 2 is 2.17 bits per heavy atom. The number of carbonyl (C=O) groups excluding carboxylic acids is 2. The summed E-state index contributed by atoms with van der Waals surface area (Å²) in [7, 11) is 0. The van der Waals surface area contributed by atoms with E-state index in [4.69, 9.17) is 10.5 Å². The predicted molar refractivity (Wildman–Crippen MR) is 82.5 cm³/mol. The number of para-hydroxylation sites is 1. The Hall–Kier alpha value is -3.15. The smallest absolute Gasteiger partial charge is 0.277 e. The molecule has 4 rings (SSSR count). The molecule has 1 aromatic carbocycles. The Labute approximate surface area is 132 Å². The van der Waals surface area contributed by atoms with Crippen molar-refractivity contribution >= 4 is 17.5 Å². The predicted octanol–water partition coefficient (Wildman–Crippen LogP) is 1.47. The zero-order valence-electron chi connectivity index (χ0n) is 12.1. The van der Waals surface area contributed by atoms with E-state index >= 15 is 0 Å². The quantitative estimate of drug-likeness (QED) is 0.910. The summed E-state index contributed by atoms with van der Waals surface area (Å²) in [6, 6.07) is 9.05. The summed E-state index contributed by atoms with van der Waals surface area (Å²) in [4.78, 5) is 29.9. The van der Waals surface area contributed by atoms with Crippen LogP contribution in [0.25, 0.3) is 0 Å². The molecule has 2 aromatic rings. The number of pyridine rings is 1. The number of primary amides is 1. The van der Waals surface area contributed by atoms with Gasteiger partial charge in [-0.1, -0.05) is 18.2 Å². The standard InChI is InChI=1S/C17H13N3O3/c18-16(21)12-7-10-3-1-5-13-14(10)20(9-12)17(22)15(23-13)11-4-2-6-19-8-11/h1-6,8-9,15H,7H2,(H2,18,21)/t15-/m1/s1. The number of benzene rings is 1. The summed E-state index contributed by atoms with van der Waals surface area (Å²) < 4.78 is 5.90. The van der Waals surface area contributed by atoms with Gasteiger partial charge >= 0.3 is 0 Å². The van der Waals surface area contributed by atoms with Gasteiger partial charge < -0.3 is 10.5 Å². The maximum absolute atomic E-state index is 12.9. The minimum atomic E-state index is -0.796. The van der Waals surface area contributed by atoms with E-state index in [1.165, 1.54) is 11.1 Å². The molecule has 0 bridgehead atoms. The van der Waals surface area contributed by atoms with Crippen LogP contribution in [0.2, 0.25) is 0 Å². The van der Waals surface area contributed by atoms with Crippen molar-refractivity contribution in [1.82, 2.24) is 4.98 Å². The first kappa shape index (κ1) is 13.5. The van der Waals surface area contributed by atoms with Crippen LogP contribution in [-0.2, 0) is 16.0 Å². The molecule has 0 spiro atoms. The minimum absolute atomic E-state index is 0.267. The molecule has 0 aliphatic carbocycles. The van der Waals surface area contributed by atoms with E-state index in [0.717, 1.165) is 5.56 Å². The highest BCUT2D eigenvalue weighted by Crippen LogP contribution is 2.44. The highest BCUT2D eigenvalue weighted by atomic mass is 16.5. The average molecular weight is 307 g/mol. The average Bonchev–Trinajstić information content (AvgIpc) is 2.58. The van der Waals surface area contributed by atoms with Crippen LogP contribution in [0.3, 0.4) is 0 Å². The van der Waals surface area contributed by atoms with Crippen LogP contribution in [0.15, 0.2) is 54.5 Å². The van der Waals surface area contributed by atoms with Crippen LogP contribution in [0.5, 0.6) is 5.75 Å². The fraction of sp³-hybridized carbons (Fsp3) is 0.118. The van der Waals surface area contributed by atoms with Crippen molar-refractivity contribution in [2.75, 3.05) is 4.90 Å². The molecule has 2 N–H and O–H groups in total. The number of ether oxygens (including phenoxy) is 1. The Morgan fingerprint density at radius 1 is 1.30 bits per heavy atom. The summed E-state index contributed by atoms with van der Waals surface area (Å²) in [5, 5.41) is 0. The van der Waals surface area contributed by atoms with Gasteiger partial charge in [-0.25, -0.2) is 0 Å². The molecule has 0 saturated carbocycles. The SMILES string of the molecule is NC(=O)C1=CN2C(=O)[C@@H](c3cccnc3)Oc3cccc(c32)C1. The van der Waals surface area contributed by atoms with Gasteiger partial charge in [-0.05, 0) is 17.7 Å². The van der Waals surface area contributed by atoms with Gasteiger partial charge in [0, 0.05) is 36.2 Å². The van der Waals surface area contributed by atoms with Gasteiger partial charge in [-0.2, -0.15) is 0 Å². The first-order valence-corrected chi connectivity index (χ1v) is 7.17. The monoisotopic (exact) mass is 307 g/mol. The first-order chi connectivity index (χ1) is 11.1. The van der Waals surface area contributed by atoms with Gasteiger partial charge in [0.1, 0.15) is 5.75 Å². The fourth-order valence-electron chi connectivity index (χ4n) is 2.92. The number of carbonyl (C=O) groups is 2. The van der Waals surface area contributed by atoms with Crippen molar-refractivity contribution in [3.8, 4) is 5.75 Å². The molecule has 0 unspecified atom stereocenters. The number of amides is 2. The summed E-state index contributed by atoms with van der Waals surface area (Å²) in [5.74, 6) is -0.189. The second-order valence-corrected chi connectivity index (χ2v) is 5.45. The van der Waals surface area contributed by atoms with Gasteiger partial charge in [-0.15, -0.1) is 0 Å². The molecule has 0 radical (unpaired) electrons. The van der Waals surface area contributed by atoms with Crippen LogP contribution in [0.4, 0.5) is 5.69 Å². The molecule has 114 valence electrons. The van der Waals surface area contributed by atoms with E-state index in [1.54, 1.807) is 24.5 Å². The third kappa shape index (κ3) is 2.07. The van der Waals surface area contributed by atoms with E-state index in [1.807, 2.05) is 18.2 Å². The van der Waals surface area contributed by atoms with Crippen molar-refractivity contribution in [3.63, 3.8) is 0 Å². The fourth-order valence-corrected chi connectivity index (χ4v) is 2.92. The second-order valence-electron chi connectivity index (χ2n) is 5.45. The minimum Gasteiger partial charge on any atom is -0.474 e. The molecule has 6 nitrogen and oxygen atoms in total. The number of rotatable bonds is 2. The van der Waals surface area contributed by atoms with E-state index in [0.29, 0.717) is 29.0 Å². The zero-order valence-corrected chi connectivity index (χ0v) is 12.1. The molecule has 1 aromatic heterocycles. The van der Waals surface area contributed by atoms with Crippen molar-refractivity contribution in [1.29, 1.82) is 0 Å². The molecule has 23 heavy (non-hydrogen) atoms. The lowest BCUT2D eigenvalue weighted by molar-refractivity contribution is -0.126. The van der Waals surface area contributed by atoms with Crippen molar-refractivity contribution in [2.45, 2.75) is 12.5 Å². The lowest BCUT2D eigenvalue weighted by atomic mass is 9.96. The molecular weight excluding hydrogens is 294 g/mol. The van der Waals surface area contributed by atoms with Gasteiger partial charge in [0.05, 0.1) is 5.69 Å². The van der Waals surface area contributed by atoms with E-state index in [9.17, 15) is 9.59 Å². The topological polar surface area (TPSA) is 85.5 Å².